The summed E-state index contributed by atoms with van der Waals surface area (Å²) in [6, 6.07) is 13.5. The van der Waals surface area contributed by atoms with Crippen molar-refractivity contribution in [1.29, 1.82) is 0 Å². The molecule has 0 N–H and O–H groups in total. The van der Waals surface area contributed by atoms with Crippen molar-refractivity contribution in [2.45, 2.75) is 19.8 Å². The Kier molecular flexibility index (Phi) is 5.44. The van der Waals surface area contributed by atoms with Gasteiger partial charge in [0, 0.05) is 23.9 Å². The Labute approximate surface area is 119 Å². The first-order chi connectivity index (χ1) is 9.79. The molecule has 3 nitrogen and oxygen atoms in total. The number of benzene rings is 1. The second-order valence-corrected chi connectivity index (χ2v) is 4.60. The lowest BCUT2D eigenvalue weighted by atomic mass is 10.1. The van der Waals surface area contributed by atoms with Gasteiger partial charge < -0.3 is 4.74 Å². The van der Waals surface area contributed by atoms with Gasteiger partial charge in [-0.25, -0.2) is 0 Å². The molecule has 0 bridgehead atoms. The fraction of sp³-hybridized carbons (Fsp3) is 0.294. The predicted molar refractivity (Wildman–Crippen MR) is 78.9 cm³/mol. The van der Waals surface area contributed by atoms with Gasteiger partial charge in [0.15, 0.2) is 5.78 Å². The number of pyridine rings is 1. The van der Waals surface area contributed by atoms with Gasteiger partial charge in [0.25, 0.3) is 0 Å². The molecule has 0 unspecified atom stereocenters. The first kappa shape index (κ1) is 14.4. The Hall–Kier alpha value is -2.00. The first-order valence-electron chi connectivity index (χ1n) is 6.89. The van der Waals surface area contributed by atoms with Crippen LogP contribution in [0.5, 0.6) is 0 Å². The molecule has 3 heteroatoms. The molecule has 0 aliphatic heterocycles. The Morgan fingerprint density at radius 2 is 1.95 bits per heavy atom. The molecule has 0 saturated carbocycles. The number of ketones is 1. The van der Waals surface area contributed by atoms with Crippen LogP contribution in [-0.4, -0.2) is 24.0 Å². The van der Waals surface area contributed by atoms with Gasteiger partial charge in [0.1, 0.15) is 6.61 Å². The number of hydrogen-bond donors (Lipinski definition) is 0. The minimum Gasteiger partial charge on any atom is -0.373 e. The Balaban J connectivity index is 1.74. The van der Waals surface area contributed by atoms with E-state index in [-0.39, 0.29) is 12.4 Å². The van der Waals surface area contributed by atoms with Gasteiger partial charge in [-0.05, 0) is 24.1 Å². The average Bonchev–Trinajstić information content (AvgIpc) is 2.52. The standard InChI is InChI=1S/C17H19NO2/c1-2-14-6-8-15(9-7-14)17(19)13-20-12-10-16-5-3-4-11-18-16/h3-9,11H,2,10,12-13H2,1H3. The summed E-state index contributed by atoms with van der Waals surface area (Å²) in [5.74, 6) is 0.0219. The fourth-order valence-electron chi connectivity index (χ4n) is 1.90. The molecular formula is C17H19NO2. The summed E-state index contributed by atoms with van der Waals surface area (Å²) in [4.78, 5) is 16.1. The lowest BCUT2D eigenvalue weighted by Gasteiger charge is -2.04. The first-order valence-corrected chi connectivity index (χ1v) is 6.89. The van der Waals surface area contributed by atoms with E-state index in [2.05, 4.69) is 11.9 Å². The summed E-state index contributed by atoms with van der Waals surface area (Å²) in [5, 5.41) is 0. The minimum atomic E-state index is 0.0219. The van der Waals surface area contributed by atoms with E-state index in [0.717, 1.165) is 18.5 Å². The van der Waals surface area contributed by atoms with E-state index < -0.39 is 0 Å². The van der Waals surface area contributed by atoms with Gasteiger partial charge in [-0.15, -0.1) is 0 Å². The van der Waals surface area contributed by atoms with Crippen molar-refractivity contribution in [3.63, 3.8) is 0 Å². The summed E-state index contributed by atoms with van der Waals surface area (Å²) < 4.78 is 5.42. The molecule has 0 spiro atoms. The largest absolute Gasteiger partial charge is 0.373 e. The number of carbonyl (C=O) groups is 1. The van der Waals surface area contributed by atoms with Crippen LogP contribution in [0.2, 0.25) is 0 Å². The number of ether oxygens (including phenoxy) is 1. The van der Waals surface area contributed by atoms with Crippen molar-refractivity contribution in [2.24, 2.45) is 0 Å². The second-order valence-electron chi connectivity index (χ2n) is 4.60. The monoisotopic (exact) mass is 269 g/mol. The van der Waals surface area contributed by atoms with Crippen molar-refractivity contribution in [3.05, 3.63) is 65.5 Å². The third-order valence-corrected chi connectivity index (χ3v) is 3.15. The molecule has 2 rings (SSSR count). The van der Waals surface area contributed by atoms with Crippen LogP contribution < -0.4 is 0 Å². The number of nitrogens with zero attached hydrogens (tertiary/aromatic N) is 1. The third-order valence-electron chi connectivity index (χ3n) is 3.15. The second kappa shape index (κ2) is 7.56. The van der Waals surface area contributed by atoms with Gasteiger partial charge in [-0.3, -0.25) is 9.78 Å². The van der Waals surface area contributed by atoms with Gasteiger partial charge in [-0.2, -0.15) is 0 Å². The van der Waals surface area contributed by atoms with Gasteiger partial charge >= 0.3 is 0 Å². The molecule has 0 fully saturated rings. The number of Topliss-reactive ketones (excluding diaryl/α,β-unsaturated/α-hetero) is 1. The van der Waals surface area contributed by atoms with Crippen molar-refractivity contribution < 1.29 is 9.53 Å². The molecule has 104 valence electrons. The maximum atomic E-state index is 11.9. The van der Waals surface area contributed by atoms with Crippen molar-refractivity contribution in [2.75, 3.05) is 13.2 Å². The van der Waals surface area contributed by atoms with Crippen molar-refractivity contribution >= 4 is 5.78 Å². The van der Waals surface area contributed by atoms with E-state index in [0.29, 0.717) is 12.2 Å². The number of hydrogen-bond acceptors (Lipinski definition) is 3. The number of carbonyl (C=O) groups excluding carboxylic acids is 1. The van der Waals surface area contributed by atoms with E-state index >= 15 is 0 Å². The molecule has 0 amide bonds. The molecule has 20 heavy (non-hydrogen) atoms. The van der Waals surface area contributed by atoms with Crippen LogP contribution in [0.1, 0.15) is 28.5 Å². The summed E-state index contributed by atoms with van der Waals surface area (Å²) in [6.45, 7) is 2.73. The zero-order valence-electron chi connectivity index (χ0n) is 11.7. The molecule has 1 aromatic carbocycles. The molecule has 0 saturated heterocycles. The quantitative estimate of drug-likeness (QED) is 0.573. The molecule has 2 aromatic rings. The highest BCUT2D eigenvalue weighted by atomic mass is 16.5. The third kappa shape index (κ3) is 4.28. The molecule has 0 atom stereocenters. The Morgan fingerprint density at radius 1 is 1.15 bits per heavy atom. The summed E-state index contributed by atoms with van der Waals surface area (Å²) >= 11 is 0. The van der Waals surface area contributed by atoms with Crippen LogP contribution in [0.4, 0.5) is 0 Å². The van der Waals surface area contributed by atoms with E-state index in [1.165, 1.54) is 5.56 Å². The summed E-state index contributed by atoms with van der Waals surface area (Å²) in [6.07, 6.45) is 3.47. The maximum absolute atomic E-state index is 11.9. The molecule has 0 aliphatic rings. The van der Waals surface area contributed by atoms with Crippen LogP contribution in [0.3, 0.4) is 0 Å². The van der Waals surface area contributed by atoms with E-state index in [1.807, 2.05) is 42.5 Å². The van der Waals surface area contributed by atoms with Gasteiger partial charge in [0.05, 0.1) is 6.61 Å². The SMILES string of the molecule is CCc1ccc(C(=O)COCCc2ccccn2)cc1. The van der Waals surface area contributed by atoms with Crippen LogP contribution in [-0.2, 0) is 17.6 Å². The number of aryl methyl sites for hydroxylation is 1. The molecule has 0 radical (unpaired) electrons. The highest BCUT2D eigenvalue weighted by molar-refractivity contribution is 5.97. The summed E-state index contributed by atoms with van der Waals surface area (Å²) in [5.41, 5.74) is 2.92. The predicted octanol–water partition coefficient (Wildman–Crippen LogP) is 3.09. The smallest absolute Gasteiger partial charge is 0.188 e. The maximum Gasteiger partial charge on any atom is 0.188 e. The lowest BCUT2D eigenvalue weighted by Crippen LogP contribution is -2.11. The highest BCUT2D eigenvalue weighted by Crippen LogP contribution is 2.06. The van der Waals surface area contributed by atoms with E-state index in [9.17, 15) is 4.79 Å². The fourth-order valence-corrected chi connectivity index (χ4v) is 1.90. The number of rotatable bonds is 7. The number of aromatic nitrogens is 1. The highest BCUT2D eigenvalue weighted by Gasteiger charge is 2.05. The van der Waals surface area contributed by atoms with Crippen LogP contribution in [0.15, 0.2) is 48.7 Å². The van der Waals surface area contributed by atoms with Crippen molar-refractivity contribution in [3.8, 4) is 0 Å². The van der Waals surface area contributed by atoms with Crippen molar-refractivity contribution in [1.82, 2.24) is 4.98 Å². The van der Waals surface area contributed by atoms with E-state index in [1.54, 1.807) is 6.20 Å². The molecule has 1 aromatic heterocycles. The normalized spacial score (nSPS) is 10.4. The zero-order chi connectivity index (χ0) is 14.2. The lowest BCUT2D eigenvalue weighted by molar-refractivity contribution is 0.0764. The van der Waals surface area contributed by atoms with Crippen LogP contribution in [0, 0.1) is 0 Å². The average molecular weight is 269 g/mol. The van der Waals surface area contributed by atoms with Gasteiger partial charge in [0.2, 0.25) is 0 Å². The van der Waals surface area contributed by atoms with Gasteiger partial charge in [-0.1, -0.05) is 37.3 Å². The van der Waals surface area contributed by atoms with Crippen LogP contribution in [0.25, 0.3) is 0 Å². The minimum absolute atomic E-state index is 0.0219. The Bertz CT molecular complexity index is 535. The van der Waals surface area contributed by atoms with E-state index in [4.69, 9.17) is 4.74 Å². The summed E-state index contributed by atoms with van der Waals surface area (Å²) in [7, 11) is 0. The Morgan fingerprint density at radius 3 is 2.60 bits per heavy atom. The van der Waals surface area contributed by atoms with Crippen LogP contribution >= 0.6 is 0 Å². The topological polar surface area (TPSA) is 39.2 Å². The molecule has 0 aliphatic carbocycles. The molecular weight excluding hydrogens is 250 g/mol. The zero-order valence-corrected chi connectivity index (χ0v) is 11.7. The molecule has 1 heterocycles.